The molecule has 0 bridgehead atoms. The van der Waals surface area contributed by atoms with Gasteiger partial charge in [-0.05, 0) is 62.8 Å². The highest BCUT2D eigenvalue weighted by atomic mass is 16.5. The summed E-state index contributed by atoms with van der Waals surface area (Å²) in [4.78, 5) is 45.8. The highest BCUT2D eigenvalue weighted by Gasteiger charge is 2.18. The lowest BCUT2D eigenvalue weighted by molar-refractivity contribution is -0.140. The third-order valence-corrected chi connectivity index (χ3v) is 5.81. The minimum absolute atomic E-state index is 0.170. The van der Waals surface area contributed by atoms with E-state index >= 15 is 0 Å². The Morgan fingerprint density at radius 2 is 1.10 bits per heavy atom. The van der Waals surface area contributed by atoms with Crippen molar-refractivity contribution in [2.45, 2.75) is 63.6 Å². The minimum Gasteiger partial charge on any atom is -0.469 e. The zero-order valence-corrected chi connectivity index (χ0v) is 23.4. The van der Waals surface area contributed by atoms with E-state index in [-0.39, 0.29) is 24.2 Å². The Bertz CT molecular complexity index is 923. The summed E-state index contributed by atoms with van der Waals surface area (Å²) < 4.78 is 14.9. The summed E-state index contributed by atoms with van der Waals surface area (Å²) in [6.45, 7) is 0. The quantitative estimate of drug-likeness (QED) is 0.104. The van der Waals surface area contributed by atoms with Gasteiger partial charge in [-0.2, -0.15) is 0 Å². The van der Waals surface area contributed by atoms with Crippen molar-refractivity contribution in [3.63, 3.8) is 0 Å². The van der Waals surface area contributed by atoms with Crippen LogP contribution in [0.4, 0.5) is 11.4 Å². The molecule has 0 unspecified atom stereocenters. The molecule has 0 aromatic heterocycles. The van der Waals surface area contributed by atoms with Crippen molar-refractivity contribution in [3.05, 3.63) is 60.7 Å². The average Bonchev–Trinajstić information content (AvgIpc) is 2.98. The fourth-order valence-electron chi connectivity index (χ4n) is 3.57. The van der Waals surface area contributed by atoms with Gasteiger partial charge in [0.05, 0.1) is 7.11 Å². The Morgan fingerprint density at radius 3 is 1.48 bits per heavy atom. The maximum absolute atomic E-state index is 12.0. The first-order valence-electron chi connectivity index (χ1n) is 13.1. The van der Waals surface area contributed by atoms with Crippen LogP contribution in [0, 0.1) is 0 Å². The summed E-state index contributed by atoms with van der Waals surface area (Å²) in [5, 5.41) is 13.9. The number of anilines is 2. The fraction of sp³-hybridized carbons (Fsp3) is 0.448. The van der Waals surface area contributed by atoms with Gasteiger partial charge in [0.2, 0.25) is 5.91 Å². The second kappa shape index (κ2) is 21.1. The number of hydrogen-bond acceptors (Lipinski definition) is 8. The second-order valence-electron chi connectivity index (χ2n) is 8.76. The monoisotopic (exact) mass is 559 g/mol. The molecular weight excluding hydrogens is 518 g/mol. The SMILES string of the molecule is COC(=O)CCCC[C@H](OC)C(=O)Nc1ccccc1.CO[C@@H](CCCCC(=O)NO)C(=O)Nc1ccccc1. The highest BCUT2D eigenvalue weighted by molar-refractivity contribution is 5.94. The third-order valence-electron chi connectivity index (χ3n) is 5.81. The van der Waals surface area contributed by atoms with E-state index in [1.54, 1.807) is 17.6 Å². The molecule has 0 saturated carbocycles. The predicted octanol–water partition coefficient (Wildman–Crippen LogP) is 4.08. The van der Waals surface area contributed by atoms with Crippen molar-refractivity contribution < 1.29 is 38.6 Å². The molecule has 0 saturated heterocycles. The van der Waals surface area contributed by atoms with E-state index in [0.717, 1.165) is 17.8 Å². The van der Waals surface area contributed by atoms with Gasteiger partial charge in [-0.15, -0.1) is 0 Å². The summed E-state index contributed by atoms with van der Waals surface area (Å²) in [6, 6.07) is 18.4. The number of unbranched alkanes of at least 4 members (excludes halogenated alkanes) is 2. The maximum atomic E-state index is 12.0. The minimum atomic E-state index is -0.549. The molecule has 4 N–H and O–H groups in total. The zero-order valence-electron chi connectivity index (χ0n) is 23.4. The molecule has 0 spiro atoms. The molecule has 11 nitrogen and oxygen atoms in total. The number of benzene rings is 2. The van der Waals surface area contributed by atoms with Gasteiger partial charge in [0.15, 0.2) is 0 Å². The molecule has 2 atom stereocenters. The van der Waals surface area contributed by atoms with Crippen LogP contribution in [-0.2, 0) is 33.4 Å². The van der Waals surface area contributed by atoms with Crippen LogP contribution in [0.5, 0.6) is 0 Å². The number of hydrogen-bond donors (Lipinski definition) is 4. The number of hydroxylamine groups is 1. The number of nitrogens with one attached hydrogen (secondary N) is 3. The molecule has 220 valence electrons. The zero-order chi connectivity index (χ0) is 29.6. The third kappa shape index (κ3) is 15.0. The number of amides is 3. The summed E-state index contributed by atoms with van der Waals surface area (Å²) in [6.07, 6.45) is 3.31. The molecule has 11 heteroatoms. The number of esters is 1. The van der Waals surface area contributed by atoms with Crippen molar-refractivity contribution in [2.24, 2.45) is 0 Å². The Kier molecular flexibility index (Phi) is 18.0. The molecule has 0 heterocycles. The van der Waals surface area contributed by atoms with E-state index in [1.807, 2.05) is 48.5 Å². The Morgan fingerprint density at radius 1 is 0.675 bits per heavy atom. The first kappa shape index (κ1) is 34.2. The van der Waals surface area contributed by atoms with Crippen LogP contribution < -0.4 is 16.1 Å². The van der Waals surface area contributed by atoms with Crippen LogP contribution in [0.2, 0.25) is 0 Å². The fourth-order valence-corrected chi connectivity index (χ4v) is 3.57. The van der Waals surface area contributed by atoms with E-state index in [9.17, 15) is 19.2 Å². The molecule has 40 heavy (non-hydrogen) atoms. The van der Waals surface area contributed by atoms with Gasteiger partial charge in [0.1, 0.15) is 12.2 Å². The summed E-state index contributed by atoms with van der Waals surface area (Å²) in [7, 11) is 4.36. The van der Waals surface area contributed by atoms with Crippen molar-refractivity contribution in [3.8, 4) is 0 Å². The maximum Gasteiger partial charge on any atom is 0.305 e. The molecule has 0 fully saturated rings. The number of rotatable bonds is 16. The Balaban J connectivity index is 0.000000400. The number of carbonyl (C=O) groups excluding carboxylic acids is 4. The van der Waals surface area contributed by atoms with Crippen LogP contribution in [0.25, 0.3) is 0 Å². The molecule has 0 aliphatic rings. The van der Waals surface area contributed by atoms with Crippen molar-refractivity contribution in [2.75, 3.05) is 32.0 Å². The van der Waals surface area contributed by atoms with E-state index in [2.05, 4.69) is 15.4 Å². The van der Waals surface area contributed by atoms with Crippen LogP contribution in [0.1, 0.15) is 51.4 Å². The first-order valence-corrected chi connectivity index (χ1v) is 13.1. The van der Waals surface area contributed by atoms with Crippen LogP contribution in [0.15, 0.2) is 60.7 Å². The second-order valence-corrected chi connectivity index (χ2v) is 8.76. The topological polar surface area (TPSA) is 152 Å². The molecule has 2 aromatic rings. The molecule has 0 radical (unpaired) electrons. The summed E-state index contributed by atoms with van der Waals surface area (Å²) in [5.41, 5.74) is 3.04. The standard InChI is InChI=1S/C15H21NO4.C14H20N2O4/c1-19-13(10-6-7-11-14(17)20-2)15(18)16-12-8-4-3-5-9-12;1-20-12(9-5-6-10-13(17)16-19)14(18)15-11-7-3-2-4-8-11/h3-5,8-9,13H,6-7,10-11H2,1-2H3,(H,16,18);2-4,7-8,12,19H,5-6,9-10H2,1H3,(H,15,18)(H,16,17)/t13-;12-/m00/s1. The van der Waals surface area contributed by atoms with Gasteiger partial charge in [0, 0.05) is 38.4 Å². The normalized spacial score (nSPS) is 11.7. The lowest BCUT2D eigenvalue weighted by Crippen LogP contribution is -2.29. The smallest absolute Gasteiger partial charge is 0.305 e. The Hall–Kier alpha value is -3.80. The molecule has 3 amide bonds. The van der Waals surface area contributed by atoms with E-state index in [4.69, 9.17) is 14.7 Å². The molecule has 0 aliphatic carbocycles. The number of para-hydroxylation sites is 2. The number of methoxy groups -OCH3 is 3. The average molecular weight is 560 g/mol. The largest absolute Gasteiger partial charge is 0.469 e. The van der Waals surface area contributed by atoms with Crippen LogP contribution in [0.3, 0.4) is 0 Å². The van der Waals surface area contributed by atoms with Gasteiger partial charge >= 0.3 is 5.97 Å². The van der Waals surface area contributed by atoms with E-state index < -0.39 is 18.1 Å². The highest BCUT2D eigenvalue weighted by Crippen LogP contribution is 2.12. The molecule has 2 rings (SSSR count). The Labute approximate surface area is 235 Å². The summed E-state index contributed by atoms with van der Waals surface area (Å²) in [5.74, 6) is -1.03. The van der Waals surface area contributed by atoms with Gasteiger partial charge < -0.3 is 24.8 Å². The molecular formula is C29H41N3O8. The van der Waals surface area contributed by atoms with E-state index in [1.165, 1.54) is 21.3 Å². The van der Waals surface area contributed by atoms with Crippen molar-refractivity contribution in [1.82, 2.24) is 5.48 Å². The number of carbonyl (C=O) groups is 4. The van der Waals surface area contributed by atoms with E-state index in [0.29, 0.717) is 38.5 Å². The van der Waals surface area contributed by atoms with Crippen LogP contribution >= 0.6 is 0 Å². The van der Waals surface area contributed by atoms with Gasteiger partial charge in [-0.3, -0.25) is 24.4 Å². The number of ether oxygens (including phenoxy) is 3. The molecule has 0 aliphatic heterocycles. The lowest BCUT2D eigenvalue weighted by Gasteiger charge is -2.15. The van der Waals surface area contributed by atoms with Gasteiger partial charge in [0.25, 0.3) is 11.8 Å². The van der Waals surface area contributed by atoms with Gasteiger partial charge in [-0.1, -0.05) is 36.4 Å². The molecule has 2 aromatic carbocycles. The first-order chi connectivity index (χ1) is 19.3. The summed E-state index contributed by atoms with van der Waals surface area (Å²) >= 11 is 0. The van der Waals surface area contributed by atoms with Crippen LogP contribution in [-0.4, -0.2) is 62.4 Å². The predicted molar refractivity (Wildman–Crippen MR) is 151 cm³/mol. The van der Waals surface area contributed by atoms with Crippen molar-refractivity contribution >= 4 is 35.1 Å². The van der Waals surface area contributed by atoms with Gasteiger partial charge in [-0.25, -0.2) is 5.48 Å². The lowest BCUT2D eigenvalue weighted by atomic mass is 10.1. The van der Waals surface area contributed by atoms with Crippen molar-refractivity contribution in [1.29, 1.82) is 0 Å².